The summed E-state index contributed by atoms with van der Waals surface area (Å²) in [5, 5.41) is 32.9. The third-order valence-electron chi connectivity index (χ3n) is 5.41. The summed E-state index contributed by atoms with van der Waals surface area (Å²) in [5.41, 5.74) is 1.93. The van der Waals surface area contributed by atoms with Gasteiger partial charge in [-0.05, 0) is 36.8 Å². The summed E-state index contributed by atoms with van der Waals surface area (Å²) in [4.78, 5) is 24.9. The van der Waals surface area contributed by atoms with Crippen LogP contribution in [0.1, 0.15) is 57.6 Å². The van der Waals surface area contributed by atoms with Crippen LogP contribution in [0, 0.1) is 5.92 Å². The Bertz CT molecular complexity index is 721. The zero-order valence-corrected chi connectivity index (χ0v) is 18.7. The lowest BCUT2D eigenvalue weighted by atomic mass is 9.95. The molecule has 1 fully saturated rings. The zero-order valence-electron chi connectivity index (χ0n) is 18.7. The molecule has 1 aliphatic heterocycles. The van der Waals surface area contributed by atoms with Crippen LogP contribution in [-0.2, 0) is 25.5 Å². The molecule has 1 aliphatic rings. The van der Waals surface area contributed by atoms with Crippen molar-refractivity contribution in [1.29, 1.82) is 0 Å². The van der Waals surface area contributed by atoms with E-state index in [1.807, 2.05) is 31.2 Å². The number of hydrogen-bond acceptors (Lipinski definition) is 7. The van der Waals surface area contributed by atoms with Crippen molar-refractivity contribution >= 4 is 11.9 Å². The summed E-state index contributed by atoms with van der Waals surface area (Å²) in [5.74, 6) is -1.07. The molecule has 0 aliphatic carbocycles. The number of hydrogen-bond donors (Lipinski definition) is 4. The molecule has 174 valence electrons. The number of amides is 1. The van der Waals surface area contributed by atoms with Gasteiger partial charge in [0.15, 0.2) is 12.4 Å². The smallest absolute Gasteiger partial charge is 0.313 e. The lowest BCUT2D eigenvalue weighted by Gasteiger charge is -2.42. The van der Waals surface area contributed by atoms with Crippen molar-refractivity contribution in [3.05, 3.63) is 35.4 Å². The highest BCUT2D eigenvalue weighted by atomic mass is 16.6. The molecule has 0 bridgehead atoms. The Morgan fingerprint density at radius 3 is 2.35 bits per heavy atom. The molecule has 0 radical (unpaired) electrons. The Labute approximate surface area is 183 Å². The van der Waals surface area contributed by atoms with Crippen LogP contribution in [0.5, 0.6) is 0 Å². The molecule has 0 aromatic heterocycles. The highest BCUT2D eigenvalue weighted by Crippen LogP contribution is 2.26. The average Bonchev–Trinajstić information content (AvgIpc) is 2.72. The highest BCUT2D eigenvalue weighted by molar-refractivity contribution is 5.78. The second-order valence-corrected chi connectivity index (χ2v) is 8.54. The van der Waals surface area contributed by atoms with Gasteiger partial charge in [-0.15, -0.1) is 0 Å². The minimum absolute atomic E-state index is 0.211. The number of benzene rings is 1. The van der Waals surface area contributed by atoms with E-state index >= 15 is 0 Å². The van der Waals surface area contributed by atoms with Gasteiger partial charge >= 0.3 is 5.97 Å². The van der Waals surface area contributed by atoms with Crippen molar-refractivity contribution in [3.8, 4) is 0 Å². The molecule has 1 heterocycles. The minimum atomic E-state index is -1.54. The average molecular weight is 438 g/mol. The fourth-order valence-corrected chi connectivity index (χ4v) is 3.65. The fourth-order valence-electron chi connectivity index (χ4n) is 3.65. The van der Waals surface area contributed by atoms with Crippen LogP contribution in [0.3, 0.4) is 0 Å². The van der Waals surface area contributed by atoms with E-state index in [4.69, 9.17) is 9.47 Å². The predicted octanol–water partition coefficient (Wildman–Crippen LogP) is 1.26. The number of ether oxygens (including phenoxy) is 2. The fraction of sp³-hybridized carbons (Fsp3) is 0.652. The summed E-state index contributed by atoms with van der Waals surface area (Å²) in [6.07, 6.45) is -3.62. The maximum Gasteiger partial charge on any atom is 0.313 e. The number of aliphatic hydroxyl groups is 3. The molecule has 4 N–H and O–H groups in total. The van der Waals surface area contributed by atoms with Gasteiger partial charge in [0.1, 0.15) is 18.2 Å². The van der Waals surface area contributed by atoms with Gasteiger partial charge in [0.2, 0.25) is 5.91 Å². The van der Waals surface area contributed by atoms with E-state index in [2.05, 4.69) is 19.2 Å². The number of rotatable bonds is 9. The van der Waals surface area contributed by atoms with Gasteiger partial charge in [-0.25, -0.2) is 0 Å². The summed E-state index contributed by atoms with van der Waals surface area (Å²) in [6, 6.07) is 6.54. The van der Waals surface area contributed by atoms with Crippen molar-refractivity contribution < 1.29 is 34.4 Å². The maximum atomic E-state index is 12.8. The summed E-state index contributed by atoms with van der Waals surface area (Å²) < 4.78 is 10.7. The number of aliphatic hydroxyl groups excluding tert-OH is 3. The monoisotopic (exact) mass is 437 g/mol. The minimum Gasteiger partial charge on any atom is -0.457 e. The van der Waals surface area contributed by atoms with Gasteiger partial charge < -0.3 is 30.1 Å². The molecular weight excluding hydrogens is 402 g/mol. The van der Waals surface area contributed by atoms with E-state index in [0.717, 1.165) is 12.0 Å². The molecular formula is C23H35NO7. The van der Waals surface area contributed by atoms with E-state index in [1.54, 1.807) is 6.92 Å². The van der Waals surface area contributed by atoms with Crippen LogP contribution in [0.15, 0.2) is 24.3 Å². The Balaban J connectivity index is 2.15. The highest BCUT2D eigenvalue weighted by Gasteiger charge is 2.47. The Kier molecular flexibility index (Phi) is 9.43. The molecule has 1 amide bonds. The number of esters is 1. The topological polar surface area (TPSA) is 125 Å². The van der Waals surface area contributed by atoms with Crippen LogP contribution in [0.4, 0.5) is 0 Å². The number of carbonyl (C=O) groups is 2. The van der Waals surface area contributed by atoms with Crippen molar-refractivity contribution in [3.63, 3.8) is 0 Å². The van der Waals surface area contributed by atoms with Gasteiger partial charge in [-0.3, -0.25) is 9.59 Å². The first-order valence-electron chi connectivity index (χ1n) is 10.9. The first-order chi connectivity index (χ1) is 14.7. The molecule has 1 aromatic rings. The van der Waals surface area contributed by atoms with Crippen molar-refractivity contribution in [2.24, 2.45) is 5.92 Å². The van der Waals surface area contributed by atoms with Crippen molar-refractivity contribution in [2.45, 2.75) is 83.5 Å². The van der Waals surface area contributed by atoms with E-state index in [9.17, 15) is 24.9 Å². The summed E-state index contributed by atoms with van der Waals surface area (Å²) in [6.45, 7) is 7.22. The zero-order chi connectivity index (χ0) is 23.1. The molecule has 3 unspecified atom stereocenters. The van der Waals surface area contributed by atoms with Crippen LogP contribution >= 0.6 is 0 Å². The quantitative estimate of drug-likeness (QED) is 0.429. The molecule has 8 heteroatoms. The van der Waals surface area contributed by atoms with Gasteiger partial charge in [0.05, 0.1) is 12.5 Å². The molecule has 6 atom stereocenters. The number of carbonyl (C=O) groups excluding carboxylic acids is 2. The molecule has 0 saturated carbocycles. The third kappa shape index (κ3) is 6.74. The largest absolute Gasteiger partial charge is 0.457 e. The Morgan fingerprint density at radius 2 is 1.81 bits per heavy atom. The molecule has 8 nitrogen and oxygen atoms in total. The Hall–Kier alpha value is -2.00. The Morgan fingerprint density at radius 1 is 1.16 bits per heavy atom. The first kappa shape index (κ1) is 25.3. The lowest BCUT2D eigenvalue weighted by Crippen LogP contribution is -2.65. The maximum absolute atomic E-state index is 12.8. The van der Waals surface area contributed by atoms with Crippen LogP contribution in [0.25, 0.3) is 0 Å². The second kappa shape index (κ2) is 11.6. The molecule has 1 saturated heterocycles. The van der Waals surface area contributed by atoms with Crippen molar-refractivity contribution in [2.75, 3.05) is 6.61 Å². The van der Waals surface area contributed by atoms with E-state index < -0.39 is 49.1 Å². The van der Waals surface area contributed by atoms with Gasteiger partial charge in [0, 0.05) is 6.42 Å². The second-order valence-electron chi connectivity index (χ2n) is 8.54. The standard InChI is InChI=1S/C23H35NO7/c1-5-6-18(26)24-19-21(20(27)17(12-25)30-23(19)29)31-22(28)14(4)16-9-7-15(8-10-16)11-13(2)3/h7-10,13-14,17,19-21,23,25,27,29H,5-6,11-12H2,1-4H3,(H,24,26)/t14?,17?,19?,20-,21-,23-/m1/s1. The molecule has 1 aromatic carbocycles. The summed E-state index contributed by atoms with van der Waals surface area (Å²) in [7, 11) is 0. The van der Waals surface area contributed by atoms with Gasteiger partial charge in [-0.1, -0.05) is 45.0 Å². The summed E-state index contributed by atoms with van der Waals surface area (Å²) >= 11 is 0. The van der Waals surface area contributed by atoms with Crippen LogP contribution in [-0.4, -0.2) is 64.4 Å². The normalized spacial score (nSPS) is 27.0. The van der Waals surface area contributed by atoms with Crippen LogP contribution in [0.2, 0.25) is 0 Å². The molecule has 31 heavy (non-hydrogen) atoms. The van der Waals surface area contributed by atoms with Crippen molar-refractivity contribution in [1.82, 2.24) is 5.32 Å². The van der Waals surface area contributed by atoms with Gasteiger partial charge in [-0.2, -0.15) is 0 Å². The lowest BCUT2D eigenvalue weighted by molar-refractivity contribution is -0.259. The third-order valence-corrected chi connectivity index (χ3v) is 5.41. The van der Waals surface area contributed by atoms with E-state index in [0.29, 0.717) is 12.3 Å². The predicted molar refractivity (Wildman–Crippen MR) is 114 cm³/mol. The van der Waals surface area contributed by atoms with E-state index in [1.165, 1.54) is 5.56 Å². The van der Waals surface area contributed by atoms with Crippen LogP contribution < -0.4 is 5.32 Å². The molecule has 2 rings (SSSR count). The molecule has 0 spiro atoms. The van der Waals surface area contributed by atoms with Gasteiger partial charge in [0.25, 0.3) is 0 Å². The number of nitrogens with one attached hydrogen (secondary N) is 1. The SMILES string of the molecule is CCCC(=O)NC1[C@H](O)OC(CO)[C@@H](O)[C@@H]1OC(=O)C(C)c1ccc(CC(C)C)cc1. The first-order valence-corrected chi connectivity index (χ1v) is 10.9. The van der Waals surface area contributed by atoms with E-state index in [-0.39, 0.29) is 12.3 Å².